The van der Waals surface area contributed by atoms with Gasteiger partial charge in [0.1, 0.15) is 5.82 Å². The van der Waals surface area contributed by atoms with Gasteiger partial charge in [0.15, 0.2) is 4.34 Å². The third-order valence-corrected chi connectivity index (χ3v) is 3.28. The van der Waals surface area contributed by atoms with Crippen molar-refractivity contribution in [3.63, 3.8) is 0 Å². The van der Waals surface area contributed by atoms with E-state index >= 15 is 0 Å². The van der Waals surface area contributed by atoms with Crippen LogP contribution in [0.3, 0.4) is 0 Å². The minimum absolute atomic E-state index is 0.537. The molecule has 0 saturated heterocycles. The van der Waals surface area contributed by atoms with Gasteiger partial charge < -0.3 is 4.42 Å². The molecule has 0 fully saturated rings. The van der Waals surface area contributed by atoms with Gasteiger partial charge in [0.05, 0.1) is 0 Å². The van der Waals surface area contributed by atoms with Gasteiger partial charge >= 0.3 is 0 Å². The molecule has 5 nitrogen and oxygen atoms in total. The second-order valence-electron chi connectivity index (χ2n) is 2.92. The maximum absolute atomic E-state index is 5.42. The second-order valence-corrected chi connectivity index (χ2v) is 4.87. The summed E-state index contributed by atoms with van der Waals surface area (Å²) in [7, 11) is 0. The SMILES string of the molecule is CCCc1nnc(Sc2nc(C)ns2)o1. The van der Waals surface area contributed by atoms with Crippen LogP contribution in [0.15, 0.2) is 14.0 Å². The van der Waals surface area contributed by atoms with Crippen molar-refractivity contribution in [1.82, 2.24) is 19.6 Å². The Morgan fingerprint density at radius 2 is 2.27 bits per heavy atom. The topological polar surface area (TPSA) is 64.7 Å². The number of nitrogens with zero attached hydrogens (tertiary/aromatic N) is 4. The van der Waals surface area contributed by atoms with E-state index in [1.807, 2.05) is 6.92 Å². The Kier molecular flexibility index (Phi) is 3.32. The van der Waals surface area contributed by atoms with Crippen LogP contribution in [-0.2, 0) is 6.42 Å². The molecular weight excluding hydrogens is 232 g/mol. The summed E-state index contributed by atoms with van der Waals surface area (Å²) in [5.41, 5.74) is 0. The fourth-order valence-electron chi connectivity index (χ4n) is 0.989. The predicted octanol–water partition coefficient (Wildman–Crippen LogP) is 2.33. The lowest BCUT2D eigenvalue weighted by Crippen LogP contribution is -1.80. The Hall–Kier alpha value is -0.950. The molecule has 0 aliphatic heterocycles. The van der Waals surface area contributed by atoms with Gasteiger partial charge in [-0.3, -0.25) is 0 Å². The molecule has 0 unspecified atom stereocenters. The van der Waals surface area contributed by atoms with Crippen LogP contribution in [0.1, 0.15) is 25.1 Å². The summed E-state index contributed by atoms with van der Waals surface area (Å²) >= 11 is 2.70. The van der Waals surface area contributed by atoms with E-state index in [0.717, 1.165) is 23.0 Å². The third-order valence-electron chi connectivity index (χ3n) is 1.60. The van der Waals surface area contributed by atoms with Crippen molar-refractivity contribution in [1.29, 1.82) is 0 Å². The van der Waals surface area contributed by atoms with Crippen LogP contribution >= 0.6 is 23.3 Å². The summed E-state index contributed by atoms with van der Waals surface area (Å²) in [6.45, 7) is 3.93. The van der Waals surface area contributed by atoms with Gasteiger partial charge in [0, 0.05) is 18.2 Å². The molecule has 0 amide bonds. The van der Waals surface area contributed by atoms with Crippen molar-refractivity contribution in [3.05, 3.63) is 11.7 Å². The van der Waals surface area contributed by atoms with E-state index < -0.39 is 0 Å². The summed E-state index contributed by atoms with van der Waals surface area (Å²) in [5, 5.41) is 8.39. The van der Waals surface area contributed by atoms with Gasteiger partial charge in [-0.1, -0.05) is 6.92 Å². The average molecular weight is 242 g/mol. The van der Waals surface area contributed by atoms with Gasteiger partial charge in [-0.25, -0.2) is 4.98 Å². The quantitative estimate of drug-likeness (QED) is 0.820. The van der Waals surface area contributed by atoms with E-state index in [9.17, 15) is 0 Å². The molecule has 2 aromatic rings. The molecule has 0 N–H and O–H groups in total. The van der Waals surface area contributed by atoms with Crippen LogP contribution < -0.4 is 0 Å². The predicted molar refractivity (Wildman–Crippen MR) is 57.1 cm³/mol. The lowest BCUT2D eigenvalue weighted by atomic mass is 10.3. The van der Waals surface area contributed by atoms with E-state index in [4.69, 9.17) is 4.42 Å². The lowest BCUT2D eigenvalue weighted by molar-refractivity contribution is 0.411. The Morgan fingerprint density at radius 1 is 1.40 bits per heavy atom. The number of hydrogen-bond donors (Lipinski definition) is 0. The van der Waals surface area contributed by atoms with Crippen molar-refractivity contribution in [2.45, 2.75) is 36.3 Å². The van der Waals surface area contributed by atoms with Gasteiger partial charge in [-0.2, -0.15) is 4.37 Å². The number of aryl methyl sites for hydroxylation is 2. The Bertz CT molecular complexity index is 439. The van der Waals surface area contributed by atoms with E-state index in [-0.39, 0.29) is 0 Å². The molecule has 2 rings (SSSR count). The van der Waals surface area contributed by atoms with Crippen molar-refractivity contribution in [2.24, 2.45) is 0 Å². The first-order chi connectivity index (χ1) is 7.28. The smallest absolute Gasteiger partial charge is 0.283 e. The number of hydrogen-bond acceptors (Lipinski definition) is 7. The highest BCUT2D eigenvalue weighted by molar-refractivity contribution is 8.00. The maximum Gasteiger partial charge on any atom is 0.283 e. The largest absolute Gasteiger partial charge is 0.416 e. The van der Waals surface area contributed by atoms with Crippen molar-refractivity contribution in [3.8, 4) is 0 Å². The molecule has 0 atom stereocenters. The molecule has 0 aromatic carbocycles. The van der Waals surface area contributed by atoms with Crippen molar-refractivity contribution < 1.29 is 4.42 Å². The molecule has 0 spiro atoms. The molecule has 2 heterocycles. The molecule has 0 bridgehead atoms. The third kappa shape index (κ3) is 2.75. The van der Waals surface area contributed by atoms with Crippen molar-refractivity contribution in [2.75, 3.05) is 0 Å². The van der Waals surface area contributed by atoms with E-state index in [0.29, 0.717) is 11.1 Å². The fourth-order valence-corrected chi connectivity index (χ4v) is 2.43. The van der Waals surface area contributed by atoms with Gasteiger partial charge in [-0.15, -0.1) is 10.2 Å². The Balaban J connectivity index is 2.04. The molecule has 0 saturated carbocycles. The highest BCUT2D eigenvalue weighted by Gasteiger charge is 2.09. The first-order valence-electron chi connectivity index (χ1n) is 4.58. The van der Waals surface area contributed by atoms with Crippen LogP contribution in [0, 0.1) is 6.92 Å². The molecule has 0 aliphatic carbocycles. The molecule has 7 heteroatoms. The fraction of sp³-hybridized carbons (Fsp3) is 0.500. The van der Waals surface area contributed by atoms with E-state index in [1.54, 1.807) is 0 Å². The van der Waals surface area contributed by atoms with Crippen LogP contribution in [0.4, 0.5) is 0 Å². The summed E-state index contributed by atoms with van der Waals surface area (Å²) in [4.78, 5) is 4.20. The monoisotopic (exact) mass is 242 g/mol. The highest BCUT2D eigenvalue weighted by atomic mass is 32.2. The summed E-state index contributed by atoms with van der Waals surface area (Å²) in [6, 6.07) is 0. The lowest BCUT2D eigenvalue weighted by Gasteiger charge is -1.87. The van der Waals surface area contributed by atoms with Crippen LogP contribution in [0.5, 0.6) is 0 Å². The van der Waals surface area contributed by atoms with E-state index in [2.05, 4.69) is 26.5 Å². The zero-order valence-electron chi connectivity index (χ0n) is 8.43. The summed E-state index contributed by atoms with van der Waals surface area (Å²) in [5.74, 6) is 1.46. The van der Waals surface area contributed by atoms with Crippen LogP contribution in [0.2, 0.25) is 0 Å². The zero-order valence-corrected chi connectivity index (χ0v) is 10.1. The molecule has 0 aliphatic rings. The van der Waals surface area contributed by atoms with Gasteiger partial charge in [0.25, 0.3) is 5.22 Å². The normalized spacial score (nSPS) is 10.8. The first-order valence-corrected chi connectivity index (χ1v) is 6.17. The summed E-state index contributed by atoms with van der Waals surface area (Å²) in [6.07, 6.45) is 1.83. The Labute approximate surface area is 95.5 Å². The van der Waals surface area contributed by atoms with Crippen molar-refractivity contribution >= 4 is 23.3 Å². The van der Waals surface area contributed by atoms with E-state index in [1.165, 1.54) is 23.3 Å². The molecular formula is C8H10N4OS2. The zero-order chi connectivity index (χ0) is 10.7. The van der Waals surface area contributed by atoms with Gasteiger partial charge in [-0.05, 0) is 24.9 Å². The molecule has 2 aromatic heterocycles. The molecule has 15 heavy (non-hydrogen) atoms. The second kappa shape index (κ2) is 4.71. The minimum Gasteiger partial charge on any atom is -0.416 e. The maximum atomic E-state index is 5.42. The average Bonchev–Trinajstić information content (AvgIpc) is 2.78. The molecule has 80 valence electrons. The van der Waals surface area contributed by atoms with Crippen LogP contribution in [0.25, 0.3) is 0 Å². The highest BCUT2D eigenvalue weighted by Crippen LogP contribution is 2.27. The first kappa shape index (κ1) is 10.6. The number of rotatable bonds is 4. The summed E-state index contributed by atoms with van der Waals surface area (Å²) < 4.78 is 10.3. The molecule has 0 radical (unpaired) electrons. The Morgan fingerprint density at radius 3 is 2.93 bits per heavy atom. The minimum atomic E-state index is 0.537. The van der Waals surface area contributed by atoms with Gasteiger partial charge in [0.2, 0.25) is 5.89 Å². The number of aromatic nitrogens is 4. The van der Waals surface area contributed by atoms with Crippen LogP contribution in [-0.4, -0.2) is 19.6 Å². The standard InChI is InChI=1S/C8H10N4OS2/c1-3-4-6-10-11-7(13-6)14-8-9-5(2)12-15-8/h3-4H2,1-2H3.